The molecule has 0 amide bonds. The van der Waals surface area contributed by atoms with Gasteiger partial charge in [0.25, 0.3) is 0 Å². The van der Waals surface area contributed by atoms with E-state index >= 15 is 0 Å². The lowest BCUT2D eigenvalue weighted by Gasteiger charge is -2.26. The molecule has 3 unspecified atom stereocenters. The van der Waals surface area contributed by atoms with Crippen molar-refractivity contribution in [3.05, 3.63) is 0 Å². The van der Waals surface area contributed by atoms with E-state index in [0.717, 1.165) is 0 Å². The lowest BCUT2D eigenvalue weighted by molar-refractivity contribution is -0.0603. The zero-order chi connectivity index (χ0) is 21.9. The van der Waals surface area contributed by atoms with Crippen LogP contribution in [0.3, 0.4) is 0 Å². The van der Waals surface area contributed by atoms with Crippen LogP contribution in [-0.2, 0) is 28.0 Å². The van der Waals surface area contributed by atoms with Gasteiger partial charge in [0.15, 0.2) is 0 Å². The highest BCUT2D eigenvalue weighted by atomic mass is 32.7. The predicted octanol–water partition coefficient (Wildman–Crippen LogP) is 1.72. The zero-order valence-corrected chi connectivity index (χ0v) is 19.5. The maximum absolute atomic E-state index is 12.7. The largest absolute Gasteiger partial charge is 0.388 e. The molecule has 2 heterocycles. The molecule has 0 spiro atoms. The predicted molar refractivity (Wildman–Crippen MR) is 109 cm³/mol. The molecule has 2 aliphatic heterocycles. The maximum Gasteiger partial charge on any atom is 0.387 e. The van der Waals surface area contributed by atoms with Gasteiger partial charge in [0.1, 0.15) is 30.5 Å². The minimum Gasteiger partial charge on any atom is -0.388 e. The molecule has 2 saturated heterocycles. The first kappa shape index (κ1) is 25.5. The van der Waals surface area contributed by atoms with Crippen molar-refractivity contribution in [1.29, 1.82) is 0 Å². The summed E-state index contributed by atoms with van der Waals surface area (Å²) in [5.41, 5.74) is 0. The fraction of sp³-hybridized carbons (Fsp3) is 1.00. The fourth-order valence-electron chi connectivity index (χ4n) is 3.36. The van der Waals surface area contributed by atoms with Gasteiger partial charge in [0, 0.05) is 5.75 Å². The van der Waals surface area contributed by atoms with Gasteiger partial charge in [-0.15, -0.1) is 0 Å². The number of hydrogen-bond donors (Lipinski definition) is 3. The third-order valence-electron chi connectivity index (χ3n) is 4.83. The first-order chi connectivity index (χ1) is 13.4. The number of rotatable bonds is 10. The highest BCUT2D eigenvalue weighted by Crippen LogP contribution is 2.58. The smallest absolute Gasteiger partial charge is 0.387 e. The quantitative estimate of drug-likeness (QED) is 0.417. The van der Waals surface area contributed by atoms with E-state index in [0.29, 0.717) is 11.4 Å². The van der Waals surface area contributed by atoms with E-state index in [9.17, 15) is 19.7 Å². The molecule has 0 radical (unpaired) electrons. The zero-order valence-electron chi connectivity index (χ0n) is 17.8. The summed E-state index contributed by atoms with van der Waals surface area (Å²) in [6.45, 7) is 6.84. The first-order valence-corrected chi connectivity index (χ1v) is 13.2. The molecule has 0 bridgehead atoms. The van der Waals surface area contributed by atoms with Gasteiger partial charge in [-0.25, -0.2) is 4.57 Å². The molecule has 2 fully saturated rings. The summed E-state index contributed by atoms with van der Waals surface area (Å²) >= 11 is 0.693. The van der Waals surface area contributed by atoms with Crippen LogP contribution in [0.2, 0.25) is 0 Å². The average Bonchev–Trinajstić information content (AvgIpc) is 3.02. The van der Waals surface area contributed by atoms with E-state index in [2.05, 4.69) is 0 Å². The second-order valence-electron chi connectivity index (χ2n) is 8.11. The Morgan fingerprint density at radius 1 is 0.966 bits per heavy atom. The van der Waals surface area contributed by atoms with Crippen molar-refractivity contribution in [3.8, 4) is 0 Å². The summed E-state index contributed by atoms with van der Waals surface area (Å²) in [4.78, 5) is 10.4. The Hall–Kier alpha value is 0.260. The van der Waals surface area contributed by atoms with Crippen LogP contribution in [0, 0.1) is 0 Å². The van der Waals surface area contributed by atoms with Crippen LogP contribution in [0.25, 0.3) is 0 Å². The van der Waals surface area contributed by atoms with Crippen LogP contribution in [0.15, 0.2) is 0 Å². The highest BCUT2D eigenvalue weighted by molar-refractivity contribution is 8.54. The molecule has 172 valence electrons. The summed E-state index contributed by atoms with van der Waals surface area (Å²) in [7, 11) is 0. The van der Waals surface area contributed by atoms with Crippen molar-refractivity contribution in [1.82, 2.24) is 0 Å². The topological polar surface area (TPSA) is 124 Å². The molecule has 2 rings (SSSR count). The lowest BCUT2D eigenvalue weighted by Crippen LogP contribution is -2.38. The van der Waals surface area contributed by atoms with E-state index in [1.807, 2.05) is 27.7 Å². The van der Waals surface area contributed by atoms with Gasteiger partial charge in [-0.3, -0.25) is 4.52 Å². The Labute approximate surface area is 176 Å². The molecular weight excluding hydrogens is 423 g/mol. The Morgan fingerprint density at radius 2 is 1.52 bits per heavy atom. The summed E-state index contributed by atoms with van der Waals surface area (Å²) in [5, 5.41) is 20.6. The van der Waals surface area contributed by atoms with Crippen molar-refractivity contribution in [2.24, 2.45) is 0 Å². The first-order valence-electron chi connectivity index (χ1n) is 10.0. The number of ether oxygens (including phenoxy) is 4. The van der Waals surface area contributed by atoms with Gasteiger partial charge in [-0.2, -0.15) is 0 Å². The van der Waals surface area contributed by atoms with Gasteiger partial charge in [-0.05, 0) is 52.9 Å². The maximum atomic E-state index is 12.7. The molecule has 0 aliphatic carbocycles. The molecule has 0 aromatic carbocycles. The standard InChI is InChI=1S/C18H35O9PS/c1-9(2)23-7-13-18(16(20)12(6)25-13)27-28(21,22)29-8-14-17(24-10(3)4)15(19)11(5)26-14/h9-20H,7-8H2,1-6H3,(H,21,22)/t11-,12-,13+,14+,15?,16?,17-,18-/m0/s1. The molecule has 29 heavy (non-hydrogen) atoms. The van der Waals surface area contributed by atoms with Crippen LogP contribution in [-0.4, -0.2) is 88.5 Å². The molecule has 0 aromatic rings. The molecule has 2 aliphatic rings. The van der Waals surface area contributed by atoms with Gasteiger partial charge in [-0.1, -0.05) is 0 Å². The SMILES string of the molecule is CC(C)OC[C@H]1O[C@@H](C)C(O)[C@H]1OP(=O)(O)SC[C@H]1O[C@@H](C)C(O)[C@H]1OC(C)C. The van der Waals surface area contributed by atoms with Crippen molar-refractivity contribution >= 4 is 18.2 Å². The van der Waals surface area contributed by atoms with Crippen molar-refractivity contribution in [2.75, 3.05) is 12.4 Å². The molecule has 9 nitrogen and oxygen atoms in total. The minimum absolute atomic E-state index is 0.0478. The second kappa shape index (κ2) is 10.7. The lowest BCUT2D eigenvalue weighted by atomic mass is 10.1. The van der Waals surface area contributed by atoms with E-state index in [-0.39, 0.29) is 24.6 Å². The van der Waals surface area contributed by atoms with Crippen LogP contribution in [0.5, 0.6) is 0 Å². The third-order valence-corrected chi connectivity index (χ3v) is 7.82. The highest BCUT2D eigenvalue weighted by Gasteiger charge is 2.47. The molecule has 0 aromatic heterocycles. The molecule has 3 N–H and O–H groups in total. The van der Waals surface area contributed by atoms with Crippen LogP contribution < -0.4 is 0 Å². The summed E-state index contributed by atoms with van der Waals surface area (Å²) in [6, 6.07) is 0. The van der Waals surface area contributed by atoms with E-state index < -0.39 is 55.6 Å². The Balaban J connectivity index is 1.96. The third kappa shape index (κ3) is 7.14. The van der Waals surface area contributed by atoms with E-state index in [1.165, 1.54) is 0 Å². The van der Waals surface area contributed by atoms with Crippen LogP contribution in [0.4, 0.5) is 0 Å². The van der Waals surface area contributed by atoms with Crippen LogP contribution >= 0.6 is 18.2 Å². The van der Waals surface area contributed by atoms with E-state index in [4.69, 9.17) is 23.5 Å². The van der Waals surface area contributed by atoms with Gasteiger partial charge in [0.05, 0.1) is 37.1 Å². The van der Waals surface area contributed by atoms with Gasteiger partial charge < -0.3 is 34.1 Å². The molecular formula is C18H35O9PS. The van der Waals surface area contributed by atoms with Crippen molar-refractivity contribution in [2.45, 2.75) is 103 Å². The summed E-state index contributed by atoms with van der Waals surface area (Å²) in [5.74, 6) is 0.0962. The number of aliphatic hydroxyl groups excluding tert-OH is 2. The molecule has 11 heteroatoms. The summed E-state index contributed by atoms with van der Waals surface area (Å²) < 4.78 is 40.7. The van der Waals surface area contributed by atoms with Gasteiger partial charge in [0.2, 0.25) is 0 Å². The van der Waals surface area contributed by atoms with Crippen molar-refractivity contribution in [3.63, 3.8) is 0 Å². The van der Waals surface area contributed by atoms with Crippen LogP contribution in [0.1, 0.15) is 41.5 Å². The minimum atomic E-state index is -4.14. The Bertz CT molecular complexity index is 563. The molecule has 0 saturated carbocycles. The summed E-state index contributed by atoms with van der Waals surface area (Å²) in [6.07, 6.45) is -5.78. The second-order valence-corrected chi connectivity index (χ2v) is 12.0. The average molecular weight is 459 g/mol. The van der Waals surface area contributed by atoms with Gasteiger partial charge >= 0.3 is 6.80 Å². The van der Waals surface area contributed by atoms with E-state index in [1.54, 1.807) is 13.8 Å². The van der Waals surface area contributed by atoms with Crippen molar-refractivity contribution < 1.29 is 43.1 Å². The normalized spacial score (nSPS) is 40.1. The number of aliphatic hydroxyl groups is 2. The Morgan fingerprint density at radius 3 is 2.07 bits per heavy atom. The number of hydrogen-bond acceptors (Lipinski definition) is 9. The fourth-order valence-corrected chi connectivity index (χ4v) is 6.08. The molecule has 9 atom stereocenters. The monoisotopic (exact) mass is 458 g/mol. The Kier molecular flexibility index (Phi) is 9.43.